The minimum atomic E-state index is -0.387. The maximum atomic E-state index is 13.1. The van der Waals surface area contributed by atoms with E-state index < -0.39 is 0 Å². The van der Waals surface area contributed by atoms with Gasteiger partial charge in [0, 0.05) is 24.0 Å². The van der Waals surface area contributed by atoms with Gasteiger partial charge in [0.05, 0.1) is 18.8 Å². The van der Waals surface area contributed by atoms with Gasteiger partial charge in [-0.25, -0.2) is 0 Å². The Morgan fingerprint density at radius 1 is 1.27 bits per heavy atom. The summed E-state index contributed by atoms with van der Waals surface area (Å²) in [6.07, 6.45) is 0. The summed E-state index contributed by atoms with van der Waals surface area (Å²) in [5, 5.41) is 0. The third kappa shape index (κ3) is 3.77. The largest absolute Gasteiger partial charge is 0.484 e. The summed E-state index contributed by atoms with van der Waals surface area (Å²) in [7, 11) is 0. The lowest BCUT2D eigenvalue weighted by Gasteiger charge is -2.41. The molecule has 0 atom stereocenters. The van der Waals surface area contributed by atoms with E-state index in [9.17, 15) is 4.79 Å². The van der Waals surface area contributed by atoms with Gasteiger partial charge < -0.3 is 20.3 Å². The van der Waals surface area contributed by atoms with Crippen LogP contribution in [0.4, 0.5) is 17.1 Å². The quantitative estimate of drug-likeness (QED) is 0.853. The van der Waals surface area contributed by atoms with E-state index >= 15 is 0 Å². The van der Waals surface area contributed by atoms with Gasteiger partial charge >= 0.3 is 0 Å². The number of carbonyl (C=O) groups is 1. The molecule has 1 aliphatic heterocycles. The van der Waals surface area contributed by atoms with Crippen LogP contribution in [0.2, 0.25) is 0 Å². The summed E-state index contributed by atoms with van der Waals surface area (Å²) in [5.41, 5.74) is 9.15. The van der Waals surface area contributed by atoms with Gasteiger partial charge in [-0.3, -0.25) is 4.79 Å². The molecule has 0 unspecified atom stereocenters. The van der Waals surface area contributed by atoms with Crippen molar-refractivity contribution >= 4 is 23.0 Å². The molecule has 138 valence electrons. The van der Waals surface area contributed by atoms with Crippen LogP contribution in [0.3, 0.4) is 0 Å². The highest BCUT2D eigenvalue weighted by Gasteiger charge is 2.33. The zero-order chi connectivity index (χ0) is 18.9. The summed E-state index contributed by atoms with van der Waals surface area (Å²) in [4.78, 5) is 17.0. The van der Waals surface area contributed by atoms with Crippen molar-refractivity contribution in [2.75, 3.05) is 35.2 Å². The molecule has 0 aromatic heterocycles. The summed E-state index contributed by atoms with van der Waals surface area (Å²) in [6, 6.07) is 13.6. The molecule has 0 saturated carbocycles. The van der Waals surface area contributed by atoms with Gasteiger partial charge in [0.15, 0.2) is 0 Å². The second-order valence-corrected chi connectivity index (χ2v) is 7.42. The topological polar surface area (TPSA) is 58.8 Å². The number of ether oxygens (including phenoxy) is 1. The van der Waals surface area contributed by atoms with E-state index in [-0.39, 0.29) is 11.5 Å². The molecule has 0 fully saturated rings. The number of fused-ring (bicyclic) bond motifs is 1. The normalized spacial score (nSPS) is 15.2. The van der Waals surface area contributed by atoms with Crippen molar-refractivity contribution in [2.45, 2.75) is 33.3 Å². The van der Waals surface area contributed by atoms with E-state index in [2.05, 4.69) is 4.90 Å². The molecule has 3 rings (SSSR count). The molecule has 0 spiro atoms. The molecule has 26 heavy (non-hydrogen) atoms. The number of nitrogens with zero attached hydrogens (tertiary/aromatic N) is 2. The van der Waals surface area contributed by atoms with Gasteiger partial charge in [0.1, 0.15) is 11.4 Å². The van der Waals surface area contributed by atoms with Crippen molar-refractivity contribution in [3.05, 3.63) is 48.0 Å². The number of benzene rings is 2. The number of hydrogen-bond donors (Lipinski definition) is 1. The van der Waals surface area contributed by atoms with Crippen molar-refractivity contribution in [3.8, 4) is 5.75 Å². The lowest BCUT2D eigenvalue weighted by molar-refractivity contribution is -0.117. The number of aryl methyl sites for hydroxylation is 1. The van der Waals surface area contributed by atoms with Crippen LogP contribution in [0.25, 0.3) is 0 Å². The fourth-order valence-corrected chi connectivity index (χ4v) is 3.44. The van der Waals surface area contributed by atoms with E-state index in [1.165, 1.54) is 0 Å². The number of rotatable bonds is 4. The monoisotopic (exact) mass is 353 g/mol. The minimum Gasteiger partial charge on any atom is -0.484 e. The highest BCUT2D eigenvalue weighted by molar-refractivity contribution is 5.96. The van der Waals surface area contributed by atoms with Gasteiger partial charge in [-0.1, -0.05) is 12.1 Å². The van der Waals surface area contributed by atoms with Crippen LogP contribution in [0.5, 0.6) is 5.75 Å². The van der Waals surface area contributed by atoms with Crippen molar-refractivity contribution in [2.24, 2.45) is 0 Å². The van der Waals surface area contributed by atoms with Crippen LogP contribution in [0.15, 0.2) is 42.5 Å². The van der Waals surface area contributed by atoms with Crippen LogP contribution in [-0.2, 0) is 4.79 Å². The Balaban J connectivity index is 1.86. The molecule has 5 nitrogen and oxygen atoms in total. The Labute approximate surface area is 155 Å². The molecule has 2 aromatic rings. The molecule has 0 radical (unpaired) electrons. The molecule has 5 heteroatoms. The fraction of sp³-hybridized carbons (Fsp3) is 0.381. The maximum Gasteiger partial charge on any atom is 0.246 e. The summed E-state index contributed by atoms with van der Waals surface area (Å²) < 4.78 is 6.05. The molecular weight excluding hydrogens is 326 g/mol. The van der Waals surface area contributed by atoms with Gasteiger partial charge in [-0.15, -0.1) is 0 Å². The van der Waals surface area contributed by atoms with E-state index in [0.29, 0.717) is 25.3 Å². The van der Waals surface area contributed by atoms with E-state index in [1.807, 2.05) is 75.1 Å². The average molecular weight is 353 g/mol. The number of carbonyl (C=O) groups excluding carboxylic acids is 1. The first-order valence-corrected chi connectivity index (χ1v) is 8.99. The molecule has 0 aliphatic carbocycles. The Morgan fingerprint density at radius 3 is 2.73 bits per heavy atom. The maximum absolute atomic E-state index is 13.1. The van der Waals surface area contributed by atoms with Crippen LogP contribution >= 0.6 is 0 Å². The molecule has 2 N–H and O–H groups in total. The number of nitrogens with two attached hydrogens (primary N) is 1. The van der Waals surface area contributed by atoms with Gasteiger partial charge in [-0.2, -0.15) is 0 Å². The number of amides is 1. The molecule has 0 saturated heterocycles. The first-order valence-electron chi connectivity index (χ1n) is 8.99. The van der Waals surface area contributed by atoms with Gasteiger partial charge in [0.25, 0.3) is 0 Å². The first kappa shape index (κ1) is 18.1. The number of hydrogen-bond acceptors (Lipinski definition) is 4. The second kappa shape index (κ2) is 6.90. The molecular formula is C21H27N3O2. The smallest absolute Gasteiger partial charge is 0.246 e. The zero-order valence-electron chi connectivity index (χ0n) is 16.0. The van der Waals surface area contributed by atoms with Crippen LogP contribution in [0, 0.1) is 6.92 Å². The number of likely N-dealkylation sites (N-methyl/N-ethyl adjacent to an activating group) is 1. The van der Waals surface area contributed by atoms with Crippen molar-refractivity contribution in [3.63, 3.8) is 0 Å². The molecule has 2 aromatic carbocycles. The third-order valence-electron chi connectivity index (χ3n) is 4.54. The Morgan fingerprint density at radius 2 is 2.04 bits per heavy atom. The third-order valence-corrected chi connectivity index (χ3v) is 4.54. The van der Waals surface area contributed by atoms with Crippen molar-refractivity contribution in [1.29, 1.82) is 0 Å². The highest BCUT2D eigenvalue weighted by atomic mass is 16.5. The predicted molar refractivity (Wildman–Crippen MR) is 107 cm³/mol. The zero-order valence-corrected chi connectivity index (χ0v) is 16.0. The second-order valence-electron chi connectivity index (χ2n) is 7.42. The Hall–Kier alpha value is -2.69. The van der Waals surface area contributed by atoms with E-state index in [1.54, 1.807) is 0 Å². The molecule has 1 amide bonds. The summed E-state index contributed by atoms with van der Waals surface area (Å²) in [6.45, 7) is 9.64. The minimum absolute atomic E-state index is 0.0681. The van der Waals surface area contributed by atoms with Crippen LogP contribution < -0.4 is 20.3 Å². The van der Waals surface area contributed by atoms with E-state index in [0.717, 1.165) is 22.7 Å². The van der Waals surface area contributed by atoms with E-state index in [4.69, 9.17) is 10.5 Å². The van der Waals surface area contributed by atoms with Crippen LogP contribution in [-0.4, -0.2) is 31.1 Å². The average Bonchev–Trinajstić information content (AvgIpc) is 2.54. The summed E-state index contributed by atoms with van der Waals surface area (Å²) >= 11 is 0. The lowest BCUT2D eigenvalue weighted by Crippen LogP contribution is -2.50. The Bertz CT molecular complexity index is 817. The first-order chi connectivity index (χ1) is 12.3. The molecule has 1 heterocycles. The number of nitrogen functional groups attached to an aromatic ring is 1. The lowest BCUT2D eigenvalue weighted by atomic mass is 10.0. The van der Waals surface area contributed by atoms with Gasteiger partial charge in [0.2, 0.25) is 5.91 Å². The molecule has 0 bridgehead atoms. The van der Waals surface area contributed by atoms with Crippen molar-refractivity contribution < 1.29 is 9.53 Å². The fourth-order valence-electron chi connectivity index (χ4n) is 3.44. The predicted octanol–water partition coefficient (Wildman–Crippen LogP) is 3.61. The highest BCUT2D eigenvalue weighted by Crippen LogP contribution is 2.38. The standard InChI is InChI=1S/C21H27N3O2/c1-5-24(17-8-6-7-15(2)11-17)20(25)13-23-14-21(3,4)26-19-12-16(22)9-10-18(19)23/h6-12H,5,13-14,22H2,1-4H3. The Kier molecular flexibility index (Phi) is 4.81. The SMILES string of the molecule is CCN(C(=O)CN1CC(C)(C)Oc2cc(N)ccc21)c1cccc(C)c1. The molecule has 1 aliphatic rings. The van der Waals surface area contributed by atoms with Gasteiger partial charge in [-0.05, 0) is 57.5 Å². The number of anilines is 3. The van der Waals surface area contributed by atoms with Crippen LogP contribution in [0.1, 0.15) is 26.3 Å². The summed E-state index contributed by atoms with van der Waals surface area (Å²) in [5.74, 6) is 0.797. The van der Waals surface area contributed by atoms with Crippen molar-refractivity contribution in [1.82, 2.24) is 0 Å².